The van der Waals surface area contributed by atoms with E-state index < -0.39 is 27.1 Å². The number of benzene rings is 2. The first-order valence-corrected chi connectivity index (χ1v) is 7.34. The standard InChI is InChI=1S/C14H9FO4S/c15-9-6-7-11-12(8-9)14(19-13(11)16)20(17,18)10-4-2-1-3-5-10/h1-8,14H. The fourth-order valence-electron chi connectivity index (χ4n) is 2.10. The van der Waals surface area contributed by atoms with Gasteiger partial charge in [0.2, 0.25) is 15.3 Å². The molecule has 1 aliphatic rings. The van der Waals surface area contributed by atoms with Crippen LogP contribution in [0.2, 0.25) is 0 Å². The first-order chi connectivity index (χ1) is 9.50. The third-order valence-corrected chi connectivity index (χ3v) is 4.90. The van der Waals surface area contributed by atoms with Crippen LogP contribution in [0.4, 0.5) is 4.39 Å². The SMILES string of the molecule is O=C1OC(S(=O)(=O)c2ccccc2)c2cc(F)ccc21. The number of ether oxygens (including phenoxy) is 1. The molecule has 1 unspecified atom stereocenters. The number of carbonyl (C=O) groups is 1. The fraction of sp³-hybridized carbons (Fsp3) is 0.0714. The number of carbonyl (C=O) groups excluding carboxylic acids is 1. The van der Waals surface area contributed by atoms with Crippen molar-refractivity contribution in [1.29, 1.82) is 0 Å². The van der Waals surface area contributed by atoms with E-state index in [1.165, 1.54) is 18.2 Å². The van der Waals surface area contributed by atoms with Gasteiger partial charge in [-0.05, 0) is 30.3 Å². The quantitative estimate of drug-likeness (QED) is 0.798. The Bertz CT molecular complexity index is 784. The Balaban J connectivity index is 2.15. The van der Waals surface area contributed by atoms with E-state index in [-0.39, 0.29) is 16.0 Å². The lowest BCUT2D eigenvalue weighted by Crippen LogP contribution is -2.13. The molecule has 1 aliphatic heterocycles. The first kappa shape index (κ1) is 12.8. The van der Waals surface area contributed by atoms with Crippen molar-refractivity contribution >= 4 is 15.8 Å². The molecular formula is C14H9FO4S. The molecule has 102 valence electrons. The van der Waals surface area contributed by atoms with Gasteiger partial charge in [-0.2, -0.15) is 0 Å². The Morgan fingerprint density at radius 1 is 1.05 bits per heavy atom. The molecule has 4 nitrogen and oxygen atoms in total. The third-order valence-electron chi connectivity index (χ3n) is 3.06. The van der Waals surface area contributed by atoms with Crippen LogP contribution in [-0.2, 0) is 14.6 Å². The molecule has 0 fully saturated rings. The molecule has 20 heavy (non-hydrogen) atoms. The number of hydrogen-bond donors (Lipinski definition) is 0. The summed E-state index contributed by atoms with van der Waals surface area (Å²) in [6.07, 6.45) is 0. The summed E-state index contributed by atoms with van der Waals surface area (Å²) >= 11 is 0. The van der Waals surface area contributed by atoms with E-state index in [1.54, 1.807) is 18.2 Å². The Kier molecular flexibility index (Phi) is 2.83. The van der Waals surface area contributed by atoms with Crippen LogP contribution in [-0.4, -0.2) is 14.4 Å². The molecule has 3 rings (SSSR count). The maximum atomic E-state index is 13.3. The van der Waals surface area contributed by atoms with E-state index in [9.17, 15) is 17.6 Å². The molecule has 0 bridgehead atoms. The highest BCUT2D eigenvalue weighted by atomic mass is 32.2. The molecule has 0 N–H and O–H groups in total. The largest absolute Gasteiger partial charge is 0.437 e. The minimum Gasteiger partial charge on any atom is -0.437 e. The molecule has 0 radical (unpaired) electrons. The Morgan fingerprint density at radius 2 is 1.75 bits per heavy atom. The summed E-state index contributed by atoms with van der Waals surface area (Å²) in [7, 11) is -3.91. The number of rotatable bonds is 2. The van der Waals surface area contributed by atoms with E-state index >= 15 is 0 Å². The monoisotopic (exact) mass is 292 g/mol. The van der Waals surface area contributed by atoms with Gasteiger partial charge >= 0.3 is 5.97 Å². The third kappa shape index (κ3) is 1.89. The smallest absolute Gasteiger partial charge is 0.340 e. The lowest BCUT2D eigenvalue weighted by Gasteiger charge is -2.12. The van der Waals surface area contributed by atoms with Crippen molar-refractivity contribution in [2.45, 2.75) is 10.3 Å². The molecule has 2 aromatic rings. The van der Waals surface area contributed by atoms with Crippen molar-refractivity contribution in [2.75, 3.05) is 0 Å². The van der Waals surface area contributed by atoms with E-state index in [4.69, 9.17) is 4.74 Å². The zero-order chi connectivity index (χ0) is 14.3. The molecule has 2 aromatic carbocycles. The number of halogens is 1. The Morgan fingerprint density at radius 3 is 2.45 bits per heavy atom. The highest BCUT2D eigenvalue weighted by molar-refractivity contribution is 7.91. The molecule has 0 amide bonds. The highest BCUT2D eigenvalue weighted by Crippen LogP contribution is 2.38. The maximum absolute atomic E-state index is 13.3. The molecule has 1 atom stereocenters. The molecule has 0 saturated heterocycles. The molecule has 6 heteroatoms. The molecule has 0 aromatic heterocycles. The summed E-state index contributed by atoms with van der Waals surface area (Å²) in [5, 5.41) is 0. The predicted molar refractivity (Wildman–Crippen MR) is 68.2 cm³/mol. The van der Waals surface area contributed by atoms with Crippen molar-refractivity contribution in [1.82, 2.24) is 0 Å². The normalized spacial score (nSPS) is 17.6. The summed E-state index contributed by atoms with van der Waals surface area (Å²) in [6.45, 7) is 0. The van der Waals surface area contributed by atoms with Gasteiger partial charge in [-0.15, -0.1) is 0 Å². The number of cyclic esters (lactones) is 1. The van der Waals surface area contributed by atoms with E-state index in [2.05, 4.69) is 0 Å². The second-order valence-electron chi connectivity index (χ2n) is 4.33. The van der Waals surface area contributed by atoms with Gasteiger partial charge < -0.3 is 4.74 Å². The molecule has 0 aliphatic carbocycles. The topological polar surface area (TPSA) is 60.4 Å². The first-order valence-electron chi connectivity index (χ1n) is 5.79. The summed E-state index contributed by atoms with van der Waals surface area (Å²) in [5.41, 5.74) is -1.38. The lowest BCUT2D eigenvalue weighted by atomic mass is 10.1. The lowest BCUT2D eigenvalue weighted by molar-refractivity contribution is 0.0508. The number of hydrogen-bond acceptors (Lipinski definition) is 4. The van der Waals surface area contributed by atoms with Gasteiger partial charge in [0.1, 0.15) is 5.82 Å². The zero-order valence-corrected chi connectivity index (χ0v) is 10.9. The average Bonchev–Trinajstić information content (AvgIpc) is 2.77. The van der Waals surface area contributed by atoms with Gasteiger partial charge in [0, 0.05) is 5.56 Å². The fourth-order valence-corrected chi connectivity index (χ4v) is 3.63. The number of fused-ring (bicyclic) bond motifs is 1. The predicted octanol–water partition coefficient (Wildman–Crippen LogP) is 2.47. The summed E-state index contributed by atoms with van der Waals surface area (Å²) in [4.78, 5) is 11.7. The van der Waals surface area contributed by atoms with Crippen molar-refractivity contribution in [3.63, 3.8) is 0 Å². The van der Waals surface area contributed by atoms with Crippen LogP contribution in [0, 0.1) is 5.82 Å². The Hall–Kier alpha value is -2.21. The van der Waals surface area contributed by atoms with Crippen LogP contribution in [0.1, 0.15) is 21.4 Å². The van der Waals surface area contributed by atoms with Crippen LogP contribution in [0.25, 0.3) is 0 Å². The van der Waals surface area contributed by atoms with Gasteiger partial charge in [0.05, 0.1) is 10.5 Å². The minimum atomic E-state index is -3.91. The summed E-state index contributed by atoms with van der Waals surface area (Å²) < 4.78 is 43.1. The van der Waals surface area contributed by atoms with Gasteiger partial charge in [-0.3, -0.25) is 0 Å². The molecule has 1 heterocycles. The second kappa shape index (κ2) is 4.42. The van der Waals surface area contributed by atoms with Gasteiger partial charge in [-0.25, -0.2) is 17.6 Å². The minimum absolute atomic E-state index is 0.0231. The van der Waals surface area contributed by atoms with E-state index in [0.29, 0.717) is 0 Å². The van der Waals surface area contributed by atoms with Crippen molar-refractivity contribution < 1.29 is 22.3 Å². The van der Waals surface area contributed by atoms with Crippen LogP contribution < -0.4 is 0 Å². The summed E-state index contributed by atoms with van der Waals surface area (Å²) in [6, 6.07) is 11.0. The van der Waals surface area contributed by atoms with Crippen LogP contribution >= 0.6 is 0 Å². The van der Waals surface area contributed by atoms with Gasteiger partial charge in [-0.1, -0.05) is 18.2 Å². The zero-order valence-electron chi connectivity index (χ0n) is 10.1. The Labute approximate surface area is 114 Å². The van der Waals surface area contributed by atoms with Crippen LogP contribution in [0.5, 0.6) is 0 Å². The number of esters is 1. The van der Waals surface area contributed by atoms with Crippen molar-refractivity contribution in [2.24, 2.45) is 0 Å². The highest BCUT2D eigenvalue weighted by Gasteiger charge is 2.41. The second-order valence-corrected chi connectivity index (χ2v) is 6.32. The van der Waals surface area contributed by atoms with Crippen molar-refractivity contribution in [3.8, 4) is 0 Å². The van der Waals surface area contributed by atoms with Crippen LogP contribution in [0.15, 0.2) is 53.4 Å². The van der Waals surface area contributed by atoms with Gasteiger partial charge in [0.25, 0.3) is 0 Å². The van der Waals surface area contributed by atoms with E-state index in [0.717, 1.165) is 12.1 Å². The van der Waals surface area contributed by atoms with Crippen LogP contribution in [0.3, 0.4) is 0 Å². The van der Waals surface area contributed by atoms with Crippen molar-refractivity contribution in [3.05, 3.63) is 65.5 Å². The molecule has 0 saturated carbocycles. The maximum Gasteiger partial charge on any atom is 0.340 e. The molecule has 0 spiro atoms. The van der Waals surface area contributed by atoms with Gasteiger partial charge in [0.15, 0.2) is 0 Å². The summed E-state index contributed by atoms with van der Waals surface area (Å²) in [5.74, 6) is -1.38. The van der Waals surface area contributed by atoms with E-state index in [1.807, 2.05) is 0 Å². The molecular weight excluding hydrogens is 283 g/mol. The average molecular weight is 292 g/mol. The number of sulfone groups is 1.